The average molecular weight is 462 g/mol. The Morgan fingerprint density at radius 2 is 1.84 bits per heavy atom. The SMILES string of the molecule is COc1cc(C(C)C)c2c(c1)S(=O)(=O)N(COc1cc(Cl)nn1-c1ccccc1)C2=O. The second-order valence-corrected chi connectivity index (χ2v) is 9.45. The molecule has 0 spiro atoms. The Balaban J connectivity index is 1.69. The summed E-state index contributed by atoms with van der Waals surface area (Å²) in [6.07, 6.45) is 0. The van der Waals surface area contributed by atoms with E-state index in [1.807, 2.05) is 32.0 Å². The molecule has 8 nitrogen and oxygen atoms in total. The topological polar surface area (TPSA) is 90.7 Å². The van der Waals surface area contributed by atoms with E-state index in [0.29, 0.717) is 21.3 Å². The number of hydrogen-bond donors (Lipinski definition) is 0. The lowest BCUT2D eigenvalue weighted by atomic mass is 9.96. The van der Waals surface area contributed by atoms with Crippen molar-refractivity contribution in [2.45, 2.75) is 24.7 Å². The van der Waals surface area contributed by atoms with Gasteiger partial charge in [-0.15, -0.1) is 0 Å². The molecule has 0 saturated carbocycles. The Morgan fingerprint density at radius 1 is 1.13 bits per heavy atom. The van der Waals surface area contributed by atoms with E-state index in [4.69, 9.17) is 21.1 Å². The second kappa shape index (κ2) is 7.90. The van der Waals surface area contributed by atoms with Crippen LogP contribution in [0.25, 0.3) is 5.69 Å². The fourth-order valence-electron chi connectivity index (χ4n) is 3.42. The van der Waals surface area contributed by atoms with Crippen LogP contribution in [0.4, 0.5) is 0 Å². The van der Waals surface area contributed by atoms with Crippen LogP contribution < -0.4 is 9.47 Å². The number of halogens is 1. The van der Waals surface area contributed by atoms with Gasteiger partial charge in [0.05, 0.1) is 18.4 Å². The second-order valence-electron chi connectivity index (χ2n) is 7.23. The van der Waals surface area contributed by atoms with Crippen LogP contribution >= 0.6 is 11.6 Å². The normalized spacial score (nSPS) is 14.7. The fraction of sp³-hybridized carbons (Fsp3) is 0.238. The van der Waals surface area contributed by atoms with Crippen molar-refractivity contribution in [2.24, 2.45) is 0 Å². The molecule has 1 aromatic heterocycles. The van der Waals surface area contributed by atoms with Crippen molar-refractivity contribution in [1.82, 2.24) is 14.1 Å². The quantitative estimate of drug-likeness (QED) is 0.554. The maximum atomic E-state index is 13.1. The number of benzene rings is 2. The van der Waals surface area contributed by atoms with Crippen LogP contribution in [0.1, 0.15) is 35.7 Å². The summed E-state index contributed by atoms with van der Waals surface area (Å²) in [7, 11) is -2.66. The van der Waals surface area contributed by atoms with Gasteiger partial charge in [0.1, 0.15) is 10.6 Å². The van der Waals surface area contributed by atoms with Gasteiger partial charge >= 0.3 is 0 Å². The van der Waals surface area contributed by atoms with Crippen molar-refractivity contribution in [3.63, 3.8) is 0 Å². The zero-order valence-electron chi connectivity index (χ0n) is 17.1. The minimum absolute atomic E-state index is 0.0813. The van der Waals surface area contributed by atoms with Crippen LogP contribution in [-0.2, 0) is 10.0 Å². The van der Waals surface area contributed by atoms with Crippen molar-refractivity contribution in [3.8, 4) is 17.3 Å². The summed E-state index contributed by atoms with van der Waals surface area (Å²) in [6.45, 7) is 3.24. The van der Waals surface area contributed by atoms with Gasteiger partial charge in [-0.2, -0.15) is 14.1 Å². The molecule has 0 N–H and O–H groups in total. The van der Waals surface area contributed by atoms with Crippen LogP contribution in [0, 0.1) is 0 Å². The molecule has 1 amide bonds. The number of aromatic nitrogens is 2. The number of methoxy groups -OCH3 is 1. The van der Waals surface area contributed by atoms with Gasteiger partial charge < -0.3 is 9.47 Å². The van der Waals surface area contributed by atoms with Crippen LogP contribution in [0.2, 0.25) is 5.15 Å². The third-order valence-electron chi connectivity index (χ3n) is 4.95. The lowest BCUT2D eigenvalue weighted by molar-refractivity contribution is 0.0782. The molecule has 0 saturated heterocycles. The number of rotatable bonds is 6. The summed E-state index contributed by atoms with van der Waals surface area (Å²) in [4.78, 5) is 13.0. The number of hydrogen-bond acceptors (Lipinski definition) is 6. The zero-order chi connectivity index (χ0) is 22.3. The average Bonchev–Trinajstić information content (AvgIpc) is 3.21. The highest BCUT2D eigenvalue weighted by Crippen LogP contribution is 2.38. The molecule has 0 radical (unpaired) electrons. The van der Waals surface area contributed by atoms with Crippen LogP contribution in [0.15, 0.2) is 53.4 Å². The molecule has 1 aliphatic rings. The predicted octanol–water partition coefficient (Wildman–Crippen LogP) is 3.84. The third kappa shape index (κ3) is 3.64. The summed E-state index contributed by atoms with van der Waals surface area (Å²) in [5.41, 5.74) is 1.42. The van der Waals surface area contributed by atoms with E-state index >= 15 is 0 Å². The predicted molar refractivity (Wildman–Crippen MR) is 115 cm³/mol. The standard InChI is InChI=1S/C21H20ClN3O5S/c1-13(2)16-9-15(29-3)10-17-20(16)21(26)24(31(17,27)28)12-30-19-11-18(22)23-25(19)14-7-5-4-6-8-14/h4-11,13H,12H2,1-3H3. The van der Waals surface area contributed by atoms with Crippen molar-refractivity contribution in [3.05, 3.63) is 64.8 Å². The number of para-hydroxylation sites is 1. The van der Waals surface area contributed by atoms with E-state index in [1.54, 1.807) is 18.2 Å². The molecule has 31 heavy (non-hydrogen) atoms. The maximum absolute atomic E-state index is 13.1. The Labute approximate surface area is 185 Å². The van der Waals surface area contributed by atoms with E-state index in [1.165, 1.54) is 23.9 Å². The molecule has 0 aliphatic carbocycles. The van der Waals surface area contributed by atoms with Gasteiger partial charge in [0, 0.05) is 12.1 Å². The molecule has 0 atom stereocenters. The van der Waals surface area contributed by atoms with Crippen LogP contribution in [0.3, 0.4) is 0 Å². The minimum Gasteiger partial charge on any atom is -0.497 e. The van der Waals surface area contributed by atoms with E-state index in [0.717, 1.165) is 0 Å². The van der Waals surface area contributed by atoms with Gasteiger partial charge in [-0.05, 0) is 29.7 Å². The molecule has 10 heteroatoms. The molecule has 0 unspecified atom stereocenters. The highest BCUT2D eigenvalue weighted by Gasteiger charge is 2.44. The lowest BCUT2D eigenvalue weighted by Gasteiger charge is -2.16. The number of ether oxygens (including phenoxy) is 2. The van der Waals surface area contributed by atoms with Gasteiger partial charge in [-0.1, -0.05) is 43.6 Å². The monoisotopic (exact) mass is 461 g/mol. The minimum atomic E-state index is -4.11. The summed E-state index contributed by atoms with van der Waals surface area (Å²) in [5, 5.41) is 4.34. The molecule has 2 aromatic carbocycles. The Kier molecular flexibility index (Phi) is 5.40. The van der Waals surface area contributed by atoms with Gasteiger partial charge in [0.15, 0.2) is 11.9 Å². The fourth-order valence-corrected chi connectivity index (χ4v) is 5.05. The number of amides is 1. The van der Waals surface area contributed by atoms with Crippen molar-refractivity contribution in [1.29, 1.82) is 0 Å². The first-order valence-corrected chi connectivity index (χ1v) is 11.3. The van der Waals surface area contributed by atoms with Gasteiger partial charge in [-0.3, -0.25) is 4.79 Å². The van der Waals surface area contributed by atoms with Crippen molar-refractivity contribution < 1.29 is 22.7 Å². The highest BCUT2D eigenvalue weighted by atomic mass is 35.5. The molecule has 0 bridgehead atoms. The maximum Gasteiger partial charge on any atom is 0.272 e. The van der Waals surface area contributed by atoms with E-state index in [-0.39, 0.29) is 27.4 Å². The summed E-state index contributed by atoms with van der Waals surface area (Å²) in [6, 6.07) is 13.6. The number of carbonyl (C=O) groups is 1. The van der Waals surface area contributed by atoms with Crippen molar-refractivity contribution in [2.75, 3.05) is 13.8 Å². The number of nitrogens with zero attached hydrogens (tertiary/aromatic N) is 3. The molecule has 3 aromatic rings. The zero-order valence-corrected chi connectivity index (χ0v) is 18.6. The van der Waals surface area contributed by atoms with Crippen LogP contribution in [0.5, 0.6) is 11.6 Å². The van der Waals surface area contributed by atoms with Crippen molar-refractivity contribution >= 4 is 27.5 Å². The summed E-state index contributed by atoms with van der Waals surface area (Å²) < 4.78 is 39.4. The molecule has 0 fully saturated rings. The lowest BCUT2D eigenvalue weighted by Crippen LogP contribution is -2.34. The van der Waals surface area contributed by atoms with Gasteiger partial charge in [-0.25, -0.2) is 8.42 Å². The third-order valence-corrected chi connectivity index (χ3v) is 6.86. The number of sulfonamides is 1. The Bertz CT molecular complexity index is 1260. The molecular weight excluding hydrogens is 442 g/mol. The first kappa shape index (κ1) is 21.2. The van der Waals surface area contributed by atoms with E-state index in [2.05, 4.69) is 5.10 Å². The molecule has 162 valence electrons. The Morgan fingerprint density at radius 3 is 2.48 bits per heavy atom. The first-order chi connectivity index (χ1) is 14.7. The van der Waals surface area contributed by atoms with Gasteiger partial charge in [0.2, 0.25) is 5.88 Å². The van der Waals surface area contributed by atoms with Gasteiger partial charge in [0.25, 0.3) is 15.9 Å². The Hall–Kier alpha value is -3.04. The summed E-state index contributed by atoms with van der Waals surface area (Å²) in [5.74, 6) is -0.146. The molecule has 4 rings (SSSR count). The smallest absolute Gasteiger partial charge is 0.272 e. The van der Waals surface area contributed by atoms with E-state index < -0.39 is 22.7 Å². The largest absolute Gasteiger partial charge is 0.497 e. The summed E-state index contributed by atoms with van der Waals surface area (Å²) >= 11 is 6.03. The highest BCUT2D eigenvalue weighted by molar-refractivity contribution is 7.90. The van der Waals surface area contributed by atoms with Crippen LogP contribution in [-0.4, -0.2) is 42.3 Å². The molecule has 1 aliphatic heterocycles. The first-order valence-electron chi connectivity index (χ1n) is 9.47. The van der Waals surface area contributed by atoms with E-state index in [9.17, 15) is 13.2 Å². The molecule has 2 heterocycles. The molecular formula is C21H20ClN3O5S. The number of fused-ring (bicyclic) bond motifs is 1. The number of carbonyl (C=O) groups excluding carboxylic acids is 1.